The highest BCUT2D eigenvalue weighted by Crippen LogP contribution is 2.28. The molecule has 2 heterocycles. The first-order valence-electron chi connectivity index (χ1n) is 7.99. The molecule has 1 atom stereocenters. The fourth-order valence-electron chi connectivity index (χ4n) is 3.04. The molecular formula is C16H19N3O5S. The van der Waals surface area contributed by atoms with Gasteiger partial charge in [-0.15, -0.1) is 0 Å². The number of carbonyl (C=O) groups is 3. The summed E-state index contributed by atoms with van der Waals surface area (Å²) >= 11 is 0. The van der Waals surface area contributed by atoms with Crippen molar-refractivity contribution in [1.29, 1.82) is 0 Å². The maximum absolute atomic E-state index is 12.5. The summed E-state index contributed by atoms with van der Waals surface area (Å²) in [5.41, 5.74) is 0.664. The van der Waals surface area contributed by atoms with E-state index in [4.69, 9.17) is 0 Å². The summed E-state index contributed by atoms with van der Waals surface area (Å²) in [6.07, 6.45) is 0.769. The summed E-state index contributed by atoms with van der Waals surface area (Å²) in [7, 11) is -3.65. The molecule has 2 fully saturated rings. The number of sulfonamides is 1. The van der Waals surface area contributed by atoms with Crippen molar-refractivity contribution in [3.63, 3.8) is 0 Å². The van der Waals surface area contributed by atoms with Crippen molar-refractivity contribution in [2.75, 3.05) is 36.2 Å². The Morgan fingerprint density at radius 1 is 1.12 bits per heavy atom. The van der Waals surface area contributed by atoms with Gasteiger partial charge in [-0.2, -0.15) is 0 Å². The van der Waals surface area contributed by atoms with Crippen LogP contribution in [0, 0.1) is 5.92 Å². The van der Waals surface area contributed by atoms with E-state index in [2.05, 4.69) is 0 Å². The highest BCUT2D eigenvalue weighted by Gasteiger charge is 2.41. The summed E-state index contributed by atoms with van der Waals surface area (Å²) in [6, 6.07) is 6.00. The standard InChI is InChI=1S/C16H19N3O5S/c1-12-10-25(23,24)19(15(12)21)14-4-2-13(3-5-14)16(22)18-8-6-17(11-20)7-9-18/h2-5,11-12H,6-10H2,1H3. The second kappa shape index (κ2) is 6.47. The molecule has 1 aromatic carbocycles. The van der Waals surface area contributed by atoms with E-state index in [-0.39, 0.29) is 17.3 Å². The van der Waals surface area contributed by atoms with Crippen molar-refractivity contribution in [1.82, 2.24) is 9.80 Å². The minimum Gasteiger partial charge on any atom is -0.342 e. The van der Waals surface area contributed by atoms with E-state index in [0.717, 1.165) is 10.7 Å². The smallest absolute Gasteiger partial charge is 0.253 e. The quantitative estimate of drug-likeness (QED) is 0.698. The minimum atomic E-state index is -3.65. The average molecular weight is 365 g/mol. The van der Waals surface area contributed by atoms with Crippen molar-refractivity contribution >= 4 is 33.9 Å². The molecular weight excluding hydrogens is 346 g/mol. The average Bonchev–Trinajstić information content (AvgIpc) is 2.82. The van der Waals surface area contributed by atoms with Gasteiger partial charge in [-0.3, -0.25) is 14.4 Å². The fraction of sp³-hybridized carbons (Fsp3) is 0.438. The van der Waals surface area contributed by atoms with Crippen LogP contribution in [0.1, 0.15) is 17.3 Å². The van der Waals surface area contributed by atoms with Crippen LogP contribution in [0.25, 0.3) is 0 Å². The zero-order chi connectivity index (χ0) is 18.2. The minimum absolute atomic E-state index is 0.180. The first-order valence-corrected chi connectivity index (χ1v) is 9.60. The summed E-state index contributed by atoms with van der Waals surface area (Å²) in [4.78, 5) is 38.5. The van der Waals surface area contributed by atoms with Crippen molar-refractivity contribution in [2.45, 2.75) is 6.92 Å². The van der Waals surface area contributed by atoms with Gasteiger partial charge in [0.1, 0.15) is 0 Å². The number of carbonyl (C=O) groups excluding carboxylic acids is 3. The lowest BCUT2D eigenvalue weighted by molar-refractivity contribution is -0.120. The van der Waals surface area contributed by atoms with E-state index in [0.29, 0.717) is 31.7 Å². The largest absolute Gasteiger partial charge is 0.342 e. The first-order chi connectivity index (χ1) is 11.8. The van der Waals surface area contributed by atoms with Crippen molar-refractivity contribution < 1.29 is 22.8 Å². The van der Waals surface area contributed by atoms with Crippen LogP contribution < -0.4 is 4.31 Å². The molecule has 25 heavy (non-hydrogen) atoms. The van der Waals surface area contributed by atoms with Crippen LogP contribution in [-0.4, -0.2) is 68.4 Å². The molecule has 3 rings (SSSR count). The SMILES string of the molecule is CC1CS(=O)(=O)N(c2ccc(C(=O)N3CCN(C=O)CC3)cc2)C1=O. The molecule has 2 saturated heterocycles. The van der Waals surface area contributed by atoms with Crippen molar-refractivity contribution in [3.05, 3.63) is 29.8 Å². The number of rotatable bonds is 3. The summed E-state index contributed by atoms with van der Waals surface area (Å²) < 4.78 is 25.0. The van der Waals surface area contributed by atoms with E-state index in [1.807, 2.05) is 0 Å². The molecule has 0 N–H and O–H groups in total. The number of hydrogen-bond acceptors (Lipinski definition) is 5. The van der Waals surface area contributed by atoms with Gasteiger partial charge in [-0.1, -0.05) is 6.92 Å². The highest BCUT2D eigenvalue weighted by molar-refractivity contribution is 7.94. The van der Waals surface area contributed by atoms with Gasteiger partial charge in [0.05, 0.1) is 17.4 Å². The molecule has 0 aromatic heterocycles. The molecule has 3 amide bonds. The van der Waals surface area contributed by atoms with Crippen LogP contribution in [0.15, 0.2) is 24.3 Å². The third-order valence-corrected chi connectivity index (χ3v) is 6.33. The predicted molar refractivity (Wildman–Crippen MR) is 90.4 cm³/mol. The van der Waals surface area contributed by atoms with Gasteiger partial charge in [-0.05, 0) is 24.3 Å². The molecule has 9 heteroatoms. The monoisotopic (exact) mass is 365 g/mol. The zero-order valence-electron chi connectivity index (χ0n) is 13.8. The molecule has 2 aliphatic heterocycles. The predicted octanol–water partition coefficient (Wildman–Crippen LogP) is -0.0867. The number of benzene rings is 1. The molecule has 8 nitrogen and oxygen atoms in total. The second-order valence-electron chi connectivity index (χ2n) is 6.26. The molecule has 0 aliphatic carbocycles. The number of piperazine rings is 1. The Kier molecular flexibility index (Phi) is 4.51. The third kappa shape index (κ3) is 3.23. The summed E-state index contributed by atoms with van der Waals surface area (Å²) in [5, 5.41) is 0. The molecule has 0 saturated carbocycles. The van der Waals surface area contributed by atoms with Gasteiger partial charge in [0, 0.05) is 31.7 Å². The molecule has 0 bridgehead atoms. The molecule has 1 aromatic rings. The number of anilines is 1. The maximum atomic E-state index is 12.5. The van der Waals surface area contributed by atoms with Gasteiger partial charge in [0.2, 0.25) is 22.3 Å². The van der Waals surface area contributed by atoms with Crippen LogP contribution in [0.2, 0.25) is 0 Å². The number of hydrogen-bond donors (Lipinski definition) is 0. The summed E-state index contributed by atoms with van der Waals surface area (Å²) in [6.45, 7) is 3.47. The van der Waals surface area contributed by atoms with E-state index in [9.17, 15) is 22.8 Å². The molecule has 2 aliphatic rings. The summed E-state index contributed by atoms with van der Waals surface area (Å²) in [5.74, 6) is -1.40. The van der Waals surface area contributed by atoms with Gasteiger partial charge in [-0.25, -0.2) is 12.7 Å². The zero-order valence-corrected chi connectivity index (χ0v) is 14.6. The maximum Gasteiger partial charge on any atom is 0.253 e. The van der Waals surface area contributed by atoms with Crippen LogP contribution in [-0.2, 0) is 19.6 Å². The second-order valence-corrected chi connectivity index (χ2v) is 8.13. The number of amides is 3. The van der Waals surface area contributed by atoms with E-state index >= 15 is 0 Å². The van der Waals surface area contributed by atoms with Crippen LogP contribution in [0.3, 0.4) is 0 Å². The van der Waals surface area contributed by atoms with Crippen LogP contribution in [0.4, 0.5) is 5.69 Å². The van der Waals surface area contributed by atoms with Gasteiger partial charge < -0.3 is 9.80 Å². The molecule has 0 spiro atoms. The fourth-order valence-corrected chi connectivity index (χ4v) is 4.86. The Hall–Kier alpha value is -2.42. The Bertz CT molecular complexity index is 798. The van der Waals surface area contributed by atoms with Gasteiger partial charge >= 0.3 is 0 Å². The van der Waals surface area contributed by atoms with Gasteiger partial charge in [0.25, 0.3) is 5.91 Å². The molecule has 1 unspecified atom stereocenters. The third-order valence-electron chi connectivity index (χ3n) is 4.46. The lowest BCUT2D eigenvalue weighted by Gasteiger charge is -2.32. The van der Waals surface area contributed by atoms with E-state index in [1.165, 1.54) is 24.3 Å². The number of nitrogens with zero attached hydrogens (tertiary/aromatic N) is 3. The van der Waals surface area contributed by atoms with Crippen LogP contribution >= 0.6 is 0 Å². The topological polar surface area (TPSA) is 95.1 Å². The van der Waals surface area contributed by atoms with Crippen LogP contribution in [0.5, 0.6) is 0 Å². The lowest BCUT2D eigenvalue weighted by atomic mass is 10.1. The molecule has 0 radical (unpaired) electrons. The Morgan fingerprint density at radius 2 is 1.72 bits per heavy atom. The van der Waals surface area contributed by atoms with Gasteiger partial charge in [0.15, 0.2) is 0 Å². The first kappa shape index (κ1) is 17.4. The Morgan fingerprint density at radius 3 is 2.20 bits per heavy atom. The Balaban J connectivity index is 1.76. The highest BCUT2D eigenvalue weighted by atomic mass is 32.2. The normalized spacial score (nSPS) is 23.0. The van der Waals surface area contributed by atoms with Crippen molar-refractivity contribution in [3.8, 4) is 0 Å². The lowest BCUT2D eigenvalue weighted by Crippen LogP contribution is -2.48. The van der Waals surface area contributed by atoms with E-state index < -0.39 is 21.8 Å². The van der Waals surface area contributed by atoms with E-state index in [1.54, 1.807) is 16.7 Å². The van der Waals surface area contributed by atoms with Crippen molar-refractivity contribution in [2.24, 2.45) is 5.92 Å². The Labute approximate surface area is 146 Å². The molecule has 134 valence electrons.